The fraction of sp³-hybridized carbons (Fsp3) is 0.571. The number of benzene rings is 1. The van der Waals surface area contributed by atoms with Crippen LogP contribution in [0.4, 0.5) is 4.39 Å². The molecule has 1 saturated carbocycles. The highest BCUT2D eigenvalue weighted by molar-refractivity contribution is 5.98. The summed E-state index contributed by atoms with van der Waals surface area (Å²) in [5.74, 6) is -1.15. The molecule has 7 nitrogen and oxygen atoms in total. The molecule has 2 fully saturated rings. The Morgan fingerprint density at radius 2 is 1.86 bits per heavy atom. The molecular weight excluding hydrogens is 375 g/mol. The van der Waals surface area contributed by atoms with Crippen LogP contribution in [0.2, 0.25) is 0 Å². The van der Waals surface area contributed by atoms with E-state index in [1.807, 2.05) is 18.7 Å². The Morgan fingerprint density at radius 3 is 2.41 bits per heavy atom. The fourth-order valence-corrected chi connectivity index (χ4v) is 3.87. The summed E-state index contributed by atoms with van der Waals surface area (Å²) in [6, 6.07) is 4.56. The molecule has 1 aromatic rings. The minimum atomic E-state index is -0.690. The molecule has 0 radical (unpaired) electrons. The number of nitrogens with zero attached hydrogens (tertiary/aromatic N) is 2. The Balaban J connectivity index is 1.85. The van der Waals surface area contributed by atoms with E-state index < -0.39 is 11.9 Å². The van der Waals surface area contributed by atoms with Gasteiger partial charge in [-0.05, 0) is 43.5 Å². The van der Waals surface area contributed by atoms with Crippen LogP contribution in [0.25, 0.3) is 0 Å². The number of carbonyl (C=O) groups is 3. The molecule has 0 aromatic heterocycles. The van der Waals surface area contributed by atoms with E-state index in [1.54, 1.807) is 0 Å². The number of hydrogen-bond acceptors (Lipinski definition) is 4. The van der Waals surface area contributed by atoms with Crippen LogP contribution in [-0.4, -0.2) is 65.3 Å². The van der Waals surface area contributed by atoms with Crippen LogP contribution in [0.3, 0.4) is 0 Å². The van der Waals surface area contributed by atoms with Gasteiger partial charge in [0.05, 0.1) is 6.04 Å². The summed E-state index contributed by atoms with van der Waals surface area (Å²) >= 11 is 0. The number of nitrogens with two attached hydrogens (primary N) is 1. The molecule has 2 atom stereocenters. The number of likely N-dealkylation sites (tertiary alicyclic amines) is 1. The maximum atomic E-state index is 13.3. The van der Waals surface area contributed by atoms with Crippen LogP contribution < -0.4 is 11.1 Å². The van der Waals surface area contributed by atoms with Crippen molar-refractivity contribution in [1.82, 2.24) is 15.1 Å². The van der Waals surface area contributed by atoms with E-state index >= 15 is 0 Å². The van der Waals surface area contributed by atoms with Crippen LogP contribution >= 0.6 is 0 Å². The second-order valence-electron chi connectivity index (χ2n) is 8.08. The third kappa shape index (κ3) is 4.75. The Labute approximate surface area is 170 Å². The molecule has 1 heterocycles. The number of nitrogens with one attached hydrogen (secondary N) is 1. The van der Waals surface area contributed by atoms with Crippen molar-refractivity contribution in [2.24, 2.45) is 11.7 Å². The van der Waals surface area contributed by atoms with Gasteiger partial charge in [0.15, 0.2) is 0 Å². The summed E-state index contributed by atoms with van der Waals surface area (Å²) in [6.07, 6.45) is 2.29. The lowest BCUT2D eigenvalue weighted by Crippen LogP contribution is -2.47. The zero-order valence-electron chi connectivity index (χ0n) is 16.9. The lowest BCUT2D eigenvalue weighted by atomic mass is 10.1. The second-order valence-corrected chi connectivity index (χ2v) is 8.08. The van der Waals surface area contributed by atoms with Crippen LogP contribution in [0.5, 0.6) is 0 Å². The minimum absolute atomic E-state index is 0.0506. The second kappa shape index (κ2) is 8.90. The maximum absolute atomic E-state index is 13.3. The van der Waals surface area contributed by atoms with Gasteiger partial charge in [-0.2, -0.15) is 0 Å². The summed E-state index contributed by atoms with van der Waals surface area (Å²) in [7, 11) is 0. The highest BCUT2D eigenvalue weighted by Gasteiger charge is 2.47. The first-order chi connectivity index (χ1) is 13.8. The van der Waals surface area contributed by atoms with Crippen LogP contribution in [0, 0.1) is 11.7 Å². The van der Waals surface area contributed by atoms with Gasteiger partial charge in [0.2, 0.25) is 11.8 Å². The maximum Gasteiger partial charge on any atom is 0.254 e. The molecular formula is C21H29FN4O3. The molecule has 8 heteroatoms. The van der Waals surface area contributed by atoms with Gasteiger partial charge in [-0.25, -0.2) is 4.39 Å². The smallest absolute Gasteiger partial charge is 0.254 e. The Bertz CT molecular complexity index is 764. The highest BCUT2D eigenvalue weighted by atomic mass is 19.1. The van der Waals surface area contributed by atoms with Gasteiger partial charge in [0.1, 0.15) is 11.9 Å². The molecule has 3 N–H and O–H groups in total. The third-order valence-electron chi connectivity index (χ3n) is 5.46. The molecule has 0 spiro atoms. The third-order valence-corrected chi connectivity index (χ3v) is 5.46. The highest BCUT2D eigenvalue weighted by Crippen LogP contribution is 2.35. The number of rotatable bonds is 7. The van der Waals surface area contributed by atoms with Crippen molar-refractivity contribution in [2.75, 3.05) is 19.6 Å². The predicted molar refractivity (Wildman–Crippen MR) is 106 cm³/mol. The van der Waals surface area contributed by atoms with E-state index in [0.717, 1.165) is 12.8 Å². The van der Waals surface area contributed by atoms with E-state index in [2.05, 4.69) is 5.32 Å². The standard InChI is InChI=1S/C21H29FN4O3/c1-13(2)20(28)26(16-7-8-16)17-11-18(19(27)24-10-9-23)25(12-17)21(29)14-3-5-15(22)6-4-14/h3-6,13,16-18H,7-12,23H2,1-2H3,(H,24,27). The van der Waals surface area contributed by atoms with Crippen LogP contribution in [-0.2, 0) is 9.59 Å². The SMILES string of the molecule is CC(C)C(=O)N(C1CC1)C1CC(C(=O)NCCN)N(C(=O)c2ccc(F)cc2)C1. The average molecular weight is 404 g/mol. The van der Waals surface area contributed by atoms with Crippen LogP contribution in [0.15, 0.2) is 24.3 Å². The first kappa shape index (κ1) is 21.2. The van der Waals surface area contributed by atoms with Crippen molar-refractivity contribution in [3.8, 4) is 0 Å². The lowest BCUT2D eigenvalue weighted by Gasteiger charge is -2.30. The molecule has 158 valence electrons. The summed E-state index contributed by atoms with van der Waals surface area (Å²) in [5.41, 5.74) is 5.80. The average Bonchev–Trinajstić information content (AvgIpc) is 3.43. The zero-order chi connectivity index (χ0) is 21.1. The summed E-state index contributed by atoms with van der Waals surface area (Å²) in [6.45, 7) is 4.62. The van der Waals surface area contributed by atoms with E-state index in [4.69, 9.17) is 5.73 Å². The molecule has 3 amide bonds. The number of amides is 3. The quantitative estimate of drug-likeness (QED) is 0.712. The molecule has 1 aliphatic heterocycles. The predicted octanol–water partition coefficient (Wildman–Crippen LogP) is 1.13. The first-order valence-corrected chi connectivity index (χ1v) is 10.2. The molecule has 0 bridgehead atoms. The van der Waals surface area contributed by atoms with E-state index in [9.17, 15) is 18.8 Å². The molecule has 1 aromatic carbocycles. The minimum Gasteiger partial charge on any atom is -0.353 e. The Morgan fingerprint density at radius 1 is 1.21 bits per heavy atom. The van der Waals surface area contributed by atoms with Gasteiger partial charge in [-0.3, -0.25) is 14.4 Å². The van der Waals surface area contributed by atoms with Gasteiger partial charge >= 0.3 is 0 Å². The van der Waals surface area contributed by atoms with Crippen LogP contribution in [0.1, 0.15) is 43.5 Å². The van der Waals surface area contributed by atoms with Crippen molar-refractivity contribution in [3.05, 3.63) is 35.6 Å². The van der Waals surface area contributed by atoms with Crippen molar-refractivity contribution in [2.45, 2.75) is 51.2 Å². The van der Waals surface area contributed by atoms with Crippen molar-refractivity contribution < 1.29 is 18.8 Å². The molecule has 2 unspecified atom stereocenters. The van der Waals surface area contributed by atoms with E-state index in [0.29, 0.717) is 25.1 Å². The summed E-state index contributed by atoms with van der Waals surface area (Å²) < 4.78 is 13.3. The Hall–Kier alpha value is -2.48. The van der Waals surface area contributed by atoms with Gasteiger partial charge in [-0.15, -0.1) is 0 Å². The topological polar surface area (TPSA) is 95.7 Å². The number of hydrogen-bond donors (Lipinski definition) is 2. The number of halogens is 1. The van der Waals surface area contributed by atoms with Gasteiger partial charge in [0.25, 0.3) is 5.91 Å². The lowest BCUT2D eigenvalue weighted by molar-refractivity contribution is -0.137. The molecule has 1 saturated heterocycles. The summed E-state index contributed by atoms with van der Waals surface area (Å²) in [5, 5.41) is 2.75. The fourth-order valence-electron chi connectivity index (χ4n) is 3.87. The molecule has 29 heavy (non-hydrogen) atoms. The normalized spacial score (nSPS) is 21.3. The van der Waals surface area contributed by atoms with Gasteiger partial charge in [-0.1, -0.05) is 13.8 Å². The summed E-state index contributed by atoms with van der Waals surface area (Å²) in [4.78, 5) is 42.0. The molecule has 3 rings (SSSR count). The van der Waals surface area contributed by atoms with Crippen molar-refractivity contribution >= 4 is 17.7 Å². The number of carbonyl (C=O) groups excluding carboxylic acids is 3. The van der Waals surface area contributed by atoms with Gasteiger partial charge < -0.3 is 20.9 Å². The van der Waals surface area contributed by atoms with Crippen molar-refractivity contribution in [3.63, 3.8) is 0 Å². The largest absolute Gasteiger partial charge is 0.353 e. The molecule has 1 aliphatic carbocycles. The van der Waals surface area contributed by atoms with Gasteiger partial charge in [0, 0.05) is 37.2 Å². The molecule has 2 aliphatic rings. The van der Waals surface area contributed by atoms with E-state index in [-0.39, 0.29) is 42.3 Å². The van der Waals surface area contributed by atoms with Crippen molar-refractivity contribution in [1.29, 1.82) is 0 Å². The monoisotopic (exact) mass is 404 g/mol. The van der Waals surface area contributed by atoms with E-state index in [1.165, 1.54) is 29.2 Å². The first-order valence-electron chi connectivity index (χ1n) is 10.2. The Kier molecular flexibility index (Phi) is 6.52. The zero-order valence-corrected chi connectivity index (χ0v) is 16.9.